The Bertz CT molecular complexity index is 815. The first kappa shape index (κ1) is 11.5. The summed E-state index contributed by atoms with van der Waals surface area (Å²) in [6, 6.07) is 6.72. The van der Waals surface area contributed by atoms with Crippen molar-refractivity contribution < 1.29 is 4.42 Å². The molecule has 1 N–H and O–H groups in total. The van der Waals surface area contributed by atoms with Crippen molar-refractivity contribution in [1.29, 1.82) is 0 Å². The largest absolute Gasteiger partial charge is 0.422 e. The van der Waals surface area contributed by atoms with Gasteiger partial charge in [0, 0.05) is 24.9 Å². The minimum absolute atomic E-state index is 0.258. The molecule has 0 aliphatic heterocycles. The van der Waals surface area contributed by atoms with E-state index in [0.29, 0.717) is 17.4 Å². The highest BCUT2D eigenvalue weighted by Gasteiger charge is 2.09. The normalized spacial score (nSPS) is 10.9. The van der Waals surface area contributed by atoms with Crippen LogP contribution < -0.4 is 11.3 Å². The first-order valence-electron chi connectivity index (χ1n) is 5.85. The summed E-state index contributed by atoms with van der Waals surface area (Å²) in [6.45, 7) is 0.258. The van der Waals surface area contributed by atoms with Crippen molar-refractivity contribution in [3.63, 3.8) is 0 Å². The third kappa shape index (κ3) is 2.08. The van der Waals surface area contributed by atoms with Gasteiger partial charge in [-0.05, 0) is 12.1 Å². The zero-order valence-corrected chi connectivity index (χ0v) is 10.00. The van der Waals surface area contributed by atoms with Crippen LogP contribution in [0.2, 0.25) is 0 Å². The molecule has 1 aromatic carbocycles. The zero-order valence-electron chi connectivity index (χ0n) is 10.00. The van der Waals surface area contributed by atoms with Crippen molar-refractivity contribution >= 4 is 11.0 Å². The van der Waals surface area contributed by atoms with E-state index in [0.717, 1.165) is 10.3 Å². The molecule has 19 heavy (non-hydrogen) atoms. The van der Waals surface area contributed by atoms with Crippen LogP contribution >= 0.6 is 0 Å². The maximum absolute atomic E-state index is 12.2. The lowest BCUT2D eigenvalue weighted by Crippen LogP contribution is -2.33. The molecule has 0 spiro atoms. The molecule has 3 aromatic rings. The number of rotatable bonds is 3. The topological polar surface area (TPSA) is 80.9 Å². The second-order valence-electron chi connectivity index (χ2n) is 4.15. The molecule has 96 valence electrons. The highest BCUT2D eigenvalue weighted by atomic mass is 16.4. The molecule has 0 aliphatic carbocycles. The molecular formula is C13H11N3O3. The van der Waals surface area contributed by atoms with Gasteiger partial charge in [-0.3, -0.25) is 4.79 Å². The SMILES string of the molecule is O=c1oc2ccccc2c(=O)n1CCc1cnc[nH]1. The second-order valence-corrected chi connectivity index (χ2v) is 4.15. The molecule has 3 rings (SSSR count). The number of para-hydroxylation sites is 1. The summed E-state index contributed by atoms with van der Waals surface area (Å²) in [7, 11) is 0. The minimum Gasteiger partial charge on any atom is -0.409 e. The van der Waals surface area contributed by atoms with Crippen LogP contribution in [0.4, 0.5) is 0 Å². The number of aryl methyl sites for hydroxylation is 1. The third-order valence-electron chi connectivity index (χ3n) is 2.94. The molecule has 0 atom stereocenters. The van der Waals surface area contributed by atoms with E-state index in [-0.39, 0.29) is 12.1 Å². The summed E-state index contributed by atoms with van der Waals surface area (Å²) < 4.78 is 6.23. The van der Waals surface area contributed by atoms with E-state index in [1.807, 2.05) is 0 Å². The molecule has 6 nitrogen and oxygen atoms in total. The van der Waals surface area contributed by atoms with E-state index in [9.17, 15) is 9.59 Å². The quantitative estimate of drug-likeness (QED) is 0.756. The van der Waals surface area contributed by atoms with E-state index in [1.54, 1.807) is 36.8 Å². The summed E-state index contributed by atoms with van der Waals surface area (Å²) in [5.74, 6) is -0.636. The van der Waals surface area contributed by atoms with Gasteiger partial charge in [0.2, 0.25) is 0 Å². The first-order chi connectivity index (χ1) is 9.25. The molecule has 0 fully saturated rings. The maximum Gasteiger partial charge on any atom is 0.422 e. The number of imidazole rings is 1. The van der Waals surface area contributed by atoms with E-state index in [2.05, 4.69) is 9.97 Å². The van der Waals surface area contributed by atoms with E-state index >= 15 is 0 Å². The molecule has 2 heterocycles. The Kier molecular flexibility index (Phi) is 2.75. The van der Waals surface area contributed by atoms with Crippen LogP contribution in [0, 0.1) is 0 Å². The molecule has 6 heteroatoms. The standard InChI is InChI=1S/C13H11N3O3/c17-12-10-3-1-2-4-11(10)19-13(18)16(12)6-5-9-7-14-8-15-9/h1-4,7-8H,5-6H2,(H,14,15). The lowest BCUT2D eigenvalue weighted by molar-refractivity contribution is 0.455. The Morgan fingerprint density at radius 1 is 1.26 bits per heavy atom. The van der Waals surface area contributed by atoms with Crippen molar-refractivity contribution in [2.75, 3.05) is 0 Å². The number of hydrogen-bond donors (Lipinski definition) is 1. The fourth-order valence-electron chi connectivity index (χ4n) is 1.96. The van der Waals surface area contributed by atoms with Gasteiger partial charge >= 0.3 is 5.76 Å². The Hall–Kier alpha value is -2.63. The number of hydrogen-bond acceptors (Lipinski definition) is 4. The molecular weight excluding hydrogens is 246 g/mol. The van der Waals surface area contributed by atoms with Gasteiger partial charge in [0.05, 0.1) is 11.7 Å². The maximum atomic E-state index is 12.2. The van der Waals surface area contributed by atoms with Crippen LogP contribution in [0.3, 0.4) is 0 Å². The van der Waals surface area contributed by atoms with Crippen LogP contribution in [-0.4, -0.2) is 14.5 Å². The van der Waals surface area contributed by atoms with Gasteiger partial charge in [0.1, 0.15) is 5.58 Å². The van der Waals surface area contributed by atoms with Crippen molar-refractivity contribution in [3.8, 4) is 0 Å². The fourth-order valence-corrected chi connectivity index (χ4v) is 1.96. The van der Waals surface area contributed by atoms with Gasteiger partial charge in [-0.1, -0.05) is 12.1 Å². The monoisotopic (exact) mass is 257 g/mol. The van der Waals surface area contributed by atoms with Gasteiger partial charge in [0.15, 0.2) is 0 Å². The molecule has 2 aromatic heterocycles. The molecule has 0 radical (unpaired) electrons. The number of fused-ring (bicyclic) bond motifs is 1. The summed E-state index contributed by atoms with van der Waals surface area (Å²) in [5, 5.41) is 0.409. The van der Waals surface area contributed by atoms with Crippen molar-refractivity contribution in [3.05, 3.63) is 63.4 Å². The van der Waals surface area contributed by atoms with E-state index in [1.165, 1.54) is 0 Å². The molecule has 0 saturated carbocycles. The highest BCUT2D eigenvalue weighted by molar-refractivity contribution is 5.74. The second kappa shape index (κ2) is 4.56. The fraction of sp³-hybridized carbons (Fsp3) is 0.154. The number of H-pyrrole nitrogens is 1. The number of aromatic amines is 1. The van der Waals surface area contributed by atoms with Crippen LogP contribution in [-0.2, 0) is 13.0 Å². The molecule has 0 amide bonds. The van der Waals surface area contributed by atoms with Crippen molar-refractivity contribution in [2.45, 2.75) is 13.0 Å². The van der Waals surface area contributed by atoms with Crippen LogP contribution in [0.1, 0.15) is 5.69 Å². The average molecular weight is 257 g/mol. The number of nitrogens with zero attached hydrogens (tertiary/aromatic N) is 2. The number of aromatic nitrogens is 3. The predicted octanol–water partition coefficient (Wildman–Crippen LogP) is 0.920. The third-order valence-corrected chi connectivity index (χ3v) is 2.94. The van der Waals surface area contributed by atoms with Crippen LogP contribution in [0.15, 0.2) is 50.8 Å². The van der Waals surface area contributed by atoms with Gasteiger partial charge in [0.25, 0.3) is 5.56 Å². The van der Waals surface area contributed by atoms with Gasteiger partial charge in [-0.25, -0.2) is 14.3 Å². The van der Waals surface area contributed by atoms with E-state index < -0.39 is 5.76 Å². The predicted molar refractivity (Wildman–Crippen MR) is 69.0 cm³/mol. The number of benzene rings is 1. The van der Waals surface area contributed by atoms with Gasteiger partial charge in [-0.15, -0.1) is 0 Å². The van der Waals surface area contributed by atoms with E-state index in [4.69, 9.17) is 4.42 Å². The number of nitrogens with one attached hydrogen (secondary N) is 1. The van der Waals surface area contributed by atoms with Gasteiger partial charge < -0.3 is 9.40 Å². The lowest BCUT2D eigenvalue weighted by Gasteiger charge is -2.03. The Morgan fingerprint density at radius 3 is 2.89 bits per heavy atom. The van der Waals surface area contributed by atoms with Crippen molar-refractivity contribution in [1.82, 2.24) is 14.5 Å². The molecule has 0 saturated heterocycles. The average Bonchev–Trinajstić information content (AvgIpc) is 2.92. The summed E-state index contributed by atoms with van der Waals surface area (Å²) in [6.07, 6.45) is 3.73. The lowest BCUT2D eigenvalue weighted by atomic mass is 10.2. The summed E-state index contributed by atoms with van der Waals surface area (Å²) >= 11 is 0. The summed E-state index contributed by atoms with van der Waals surface area (Å²) in [5.41, 5.74) is 0.848. The zero-order chi connectivity index (χ0) is 13.2. The first-order valence-corrected chi connectivity index (χ1v) is 5.85. The molecule has 0 aliphatic rings. The Morgan fingerprint density at radius 2 is 2.11 bits per heavy atom. The van der Waals surface area contributed by atoms with Crippen molar-refractivity contribution in [2.24, 2.45) is 0 Å². The Balaban J connectivity index is 2.04. The smallest absolute Gasteiger partial charge is 0.409 e. The Labute approximate surface area is 107 Å². The molecule has 0 unspecified atom stereocenters. The van der Waals surface area contributed by atoms with Crippen LogP contribution in [0.25, 0.3) is 11.0 Å². The van der Waals surface area contributed by atoms with Crippen LogP contribution in [0.5, 0.6) is 0 Å². The van der Waals surface area contributed by atoms with Gasteiger partial charge in [-0.2, -0.15) is 0 Å². The molecule has 0 bridgehead atoms. The summed E-state index contributed by atoms with van der Waals surface area (Å²) in [4.78, 5) is 30.8. The minimum atomic E-state index is -0.636. The highest BCUT2D eigenvalue weighted by Crippen LogP contribution is 2.06.